The van der Waals surface area contributed by atoms with Crippen molar-refractivity contribution in [3.63, 3.8) is 0 Å². The van der Waals surface area contributed by atoms with Gasteiger partial charge in [-0.3, -0.25) is 19.3 Å². The van der Waals surface area contributed by atoms with E-state index in [2.05, 4.69) is 0 Å². The number of rotatable bonds is 3. The normalized spacial score (nSPS) is 32.9. The summed E-state index contributed by atoms with van der Waals surface area (Å²) in [6.45, 7) is 7.23. The molecule has 1 saturated carbocycles. The second-order valence-corrected chi connectivity index (χ2v) is 8.04. The van der Waals surface area contributed by atoms with Crippen LogP contribution >= 0.6 is 0 Å². The maximum Gasteiger partial charge on any atom is 0.233 e. The first-order valence-corrected chi connectivity index (χ1v) is 9.09. The Kier molecular flexibility index (Phi) is 4.69. The third-order valence-electron chi connectivity index (χ3n) is 5.40. The molecule has 0 radical (unpaired) electrons. The van der Waals surface area contributed by atoms with Crippen LogP contribution in [0.15, 0.2) is 0 Å². The summed E-state index contributed by atoms with van der Waals surface area (Å²) in [6.07, 6.45) is 3.88. The Balaban J connectivity index is 1.58. The van der Waals surface area contributed by atoms with Crippen LogP contribution in [-0.2, 0) is 19.1 Å². The molecular formula is C18H28N2O4. The Morgan fingerprint density at radius 1 is 1.17 bits per heavy atom. The number of hydrogen-bond acceptors (Lipinski definition) is 4. The van der Waals surface area contributed by atoms with Crippen molar-refractivity contribution in [1.82, 2.24) is 9.80 Å². The number of carbonyl (C=O) groups excluding carboxylic acids is 3. The van der Waals surface area contributed by atoms with Gasteiger partial charge in [0.05, 0.1) is 23.5 Å². The highest BCUT2D eigenvalue weighted by atomic mass is 16.5. The van der Waals surface area contributed by atoms with E-state index in [0.29, 0.717) is 13.1 Å². The van der Waals surface area contributed by atoms with Crippen LogP contribution < -0.4 is 0 Å². The molecule has 24 heavy (non-hydrogen) atoms. The van der Waals surface area contributed by atoms with Crippen molar-refractivity contribution in [2.45, 2.75) is 64.6 Å². The molecule has 6 heteroatoms. The fourth-order valence-corrected chi connectivity index (χ4v) is 4.46. The van der Waals surface area contributed by atoms with E-state index < -0.39 is 0 Å². The number of fused-ring (bicyclic) bond motifs is 1. The minimum atomic E-state index is -0.360. The van der Waals surface area contributed by atoms with Gasteiger partial charge in [0.2, 0.25) is 17.7 Å². The van der Waals surface area contributed by atoms with E-state index in [1.165, 1.54) is 4.90 Å². The van der Waals surface area contributed by atoms with E-state index in [0.717, 1.165) is 25.7 Å². The zero-order valence-electron chi connectivity index (χ0n) is 14.9. The summed E-state index contributed by atoms with van der Waals surface area (Å²) in [4.78, 5) is 40.6. The minimum absolute atomic E-state index is 0.00406. The lowest BCUT2D eigenvalue weighted by molar-refractivity contribution is -0.158. The van der Waals surface area contributed by atoms with Crippen molar-refractivity contribution in [2.75, 3.05) is 19.6 Å². The summed E-state index contributed by atoms with van der Waals surface area (Å²) in [5.74, 6) is -0.401. The largest absolute Gasteiger partial charge is 0.369 e. The molecule has 3 unspecified atom stereocenters. The average Bonchev–Trinajstić information content (AvgIpc) is 2.75. The number of ether oxygens (including phenoxy) is 1. The zero-order valence-corrected chi connectivity index (χ0v) is 14.9. The van der Waals surface area contributed by atoms with Crippen LogP contribution in [0.1, 0.15) is 52.9 Å². The van der Waals surface area contributed by atoms with Gasteiger partial charge in [-0.05, 0) is 33.6 Å². The first kappa shape index (κ1) is 17.4. The van der Waals surface area contributed by atoms with Crippen LogP contribution in [0.2, 0.25) is 0 Å². The van der Waals surface area contributed by atoms with E-state index in [9.17, 15) is 14.4 Å². The van der Waals surface area contributed by atoms with Gasteiger partial charge >= 0.3 is 0 Å². The van der Waals surface area contributed by atoms with Gasteiger partial charge in [0.25, 0.3) is 0 Å². The average molecular weight is 336 g/mol. The standard InChI is InChI=1S/C18H28N2O4/c1-12-10-19(11-18(2,3)24-12)15(21)8-9-20-16(22)13-6-4-5-7-14(13)17(20)23/h12-14H,4-11H2,1-3H3. The van der Waals surface area contributed by atoms with Gasteiger partial charge in [0.15, 0.2) is 0 Å². The van der Waals surface area contributed by atoms with Gasteiger partial charge in [-0.1, -0.05) is 12.8 Å². The molecule has 3 rings (SSSR count). The molecule has 134 valence electrons. The number of morpholine rings is 1. The highest BCUT2D eigenvalue weighted by molar-refractivity contribution is 6.05. The minimum Gasteiger partial charge on any atom is -0.369 e. The number of hydrogen-bond donors (Lipinski definition) is 0. The number of likely N-dealkylation sites (tertiary alicyclic amines) is 1. The molecule has 3 amide bonds. The molecule has 0 aromatic carbocycles. The van der Waals surface area contributed by atoms with Gasteiger partial charge in [-0.25, -0.2) is 0 Å². The summed E-state index contributed by atoms with van der Waals surface area (Å²) in [7, 11) is 0. The third-order valence-corrected chi connectivity index (χ3v) is 5.40. The molecule has 3 aliphatic rings. The second-order valence-electron chi connectivity index (χ2n) is 8.04. The fraction of sp³-hybridized carbons (Fsp3) is 0.833. The van der Waals surface area contributed by atoms with Crippen LogP contribution in [0.3, 0.4) is 0 Å². The van der Waals surface area contributed by atoms with Crippen molar-refractivity contribution >= 4 is 17.7 Å². The highest BCUT2D eigenvalue weighted by Crippen LogP contribution is 2.38. The van der Waals surface area contributed by atoms with E-state index >= 15 is 0 Å². The topological polar surface area (TPSA) is 66.9 Å². The monoisotopic (exact) mass is 336 g/mol. The predicted molar refractivity (Wildman–Crippen MR) is 88.0 cm³/mol. The van der Waals surface area contributed by atoms with E-state index in [4.69, 9.17) is 4.74 Å². The predicted octanol–water partition coefficient (Wildman–Crippen LogP) is 1.58. The van der Waals surface area contributed by atoms with Crippen LogP contribution in [0.4, 0.5) is 0 Å². The highest BCUT2D eigenvalue weighted by Gasteiger charge is 2.48. The molecule has 1 aliphatic carbocycles. The van der Waals surface area contributed by atoms with Crippen LogP contribution in [0.5, 0.6) is 0 Å². The third kappa shape index (κ3) is 3.34. The number of nitrogens with zero attached hydrogens (tertiary/aromatic N) is 2. The van der Waals surface area contributed by atoms with E-state index in [1.54, 1.807) is 4.90 Å². The number of amides is 3. The summed E-state index contributed by atoms with van der Waals surface area (Å²) >= 11 is 0. The van der Waals surface area contributed by atoms with Gasteiger partial charge < -0.3 is 9.64 Å². The van der Waals surface area contributed by atoms with Crippen molar-refractivity contribution in [2.24, 2.45) is 11.8 Å². The quantitative estimate of drug-likeness (QED) is 0.734. The molecular weight excluding hydrogens is 308 g/mol. The second kappa shape index (κ2) is 6.47. The summed E-state index contributed by atoms with van der Waals surface area (Å²) < 4.78 is 5.82. The SMILES string of the molecule is CC1CN(C(=O)CCN2C(=O)C3CCCCC3C2=O)CC(C)(C)O1. The van der Waals surface area contributed by atoms with Gasteiger partial charge in [-0.15, -0.1) is 0 Å². The molecule has 0 spiro atoms. The molecule has 2 saturated heterocycles. The van der Waals surface area contributed by atoms with Crippen molar-refractivity contribution in [3.05, 3.63) is 0 Å². The van der Waals surface area contributed by atoms with Gasteiger partial charge in [0, 0.05) is 26.1 Å². The summed E-state index contributed by atoms with van der Waals surface area (Å²) in [5.41, 5.74) is -0.360. The molecule has 0 aromatic rings. The number of carbonyl (C=O) groups is 3. The van der Waals surface area contributed by atoms with Gasteiger partial charge in [-0.2, -0.15) is 0 Å². The Hall–Kier alpha value is -1.43. The smallest absolute Gasteiger partial charge is 0.233 e. The van der Waals surface area contributed by atoms with Crippen molar-refractivity contribution < 1.29 is 19.1 Å². The molecule has 3 atom stereocenters. The molecule has 0 aromatic heterocycles. The molecule has 0 bridgehead atoms. The maximum atomic E-state index is 12.5. The first-order chi connectivity index (χ1) is 11.3. The Morgan fingerprint density at radius 3 is 2.29 bits per heavy atom. The van der Waals surface area contributed by atoms with Crippen LogP contribution in [-0.4, -0.2) is 58.9 Å². The summed E-state index contributed by atoms with van der Waals surface area (Å²) in [5, 5.41) is 0. The van der Waals surface area contributed by atoms with E-state index in [-0.39, 0.29) is 54.2 Å². The lowest BCUT2D eigenvalue weighted by Crippen LogP contribution is -2.54. The molecule has 6 nitrogen and oxygen atoms in total. The molecule has 2 heterocycles. The van der Waals surface area contributed by atoms with E-state index in [1.807, 2.05) is 20.8 Å². The van der Waals surface area contributed by atoms with Gasteiger partial charge in [0.1, 0.15) is 0 Å². The Labute approximate surface area is 143 Å². The molecule has 0 N–H and O–H groups in total. The van der Waals surface area contributed by atoms with Crippen LogP contribution in [0.25, 0.3) is 0 Å². The lowest BCUT2D eigenvalue weighted by Gasteiger charge is -2.41. The fourth-order valence-electron chi connectivity index (χ4n) is 4.46. The first-order valence-electron chi connectivity index (χ1n) is 9.09. The Morgan fingerprint density at radius 2 is 1.75 bits per heavy atom. The van der Waals surface area contributed by atoms with Crippen molar-refractivity contribution in [3.8, 4) is 0 Å². The molecule has 3 fully saturated rings. The summed E-state index contributed by atoms with van der Waals surface area (Å²) in [6, 6.07) is 0. The number of imide groups is 1. The molecule has 2 aliphatic heterocycles. The Bertz CT molecular complexity index is 521. The zero-order chi connectivity index (χ0) is 17.5. The maximum absolute atomic E-state index is 12.5. The van der Waals surface area contributed by atoms with Crippen molar-refractivity contribution in [1.29, 1.82) is 0 Å². The lowest BCUT2D eigenvalue weighted by atomic mass is 9.81. The van der Waals surface area contributed by atoms with Crippen LogP contribution in [0, 0.1) is 11.8 Å².